The van der Waals surface area contributed by atoms with Crippen molar-refractivity contribution in [3.05, 3.63) is 96.0 Å². The lowest BCUT2D eigenvalue weighted by Gasteiger charge is -2.33. The molecule has 1 aliphatic carbocycles. The van der Waals surface area contributed by atoms with E-state index in [1.54, 1.807) is 12.5 Å². The summed E-state index contributed by atoms with van der Waals surface area (Å²) in [5.74, 6) is -1.05. The maximum absolute atomic E-state index is 11.0. The smallest absolute Gasteiger partial charge is 0.304 e. The second-order valence-corrected chi connectivity index (χ2v) is 5.90. The van der Waals surface area contributed by atoms with E-state index in [1.807, 2.05) is 66.7 Å². The molecular weight excluding hydrogens is 288 g/mol. The third-order valence-electron chi connectivity index (χ3n) is 4.51. The van der Waals surface area contributed by atoms with E-state index in [0.717, 1.165) is 23.1 Å². The van der Waals surface area contributed by atoms with Crippen LogP contribution in [-0.2, 0) is 20.9 Å². The lowest BCUT2D eigenvalue weighted by molar-refractivity contribution is -0.115. The zero-order valence-electron chi connectivity index (χ0n) is 12.7. The number of hydrogen-bond acceptors (Lipinski definition) is 3. The molecule has 1 unspecified atom stereocenters. The monoisotopic (exact) mass is 306 g/mol. The molecule has 0 bridgehead atoms. The van der Waals surface area contributed by atoms with Crippen molar-refractivity contribution in [3.8, 4) is 0 Å². The summed E-state index contributed by atoms with van der Waals surface area (Å²) in [5, 5.41) is 11.0. The van der Waals surface area contributed by atoms with Crippen molar-refractivity contribution in [2.24, 2.45) is 0 Å². The van der Waals surface area contributed by atoms with Gasteiger partial charge in [-0.2, -0.15) is 0 Å². The van der Waals surface area contributed by atoms with E-state index in [0.29, 0.717) is 6.42 Å². The molecule has 1 heterocycles. The molecule has 0 saturated heterocycles. The molecule has 2 aliphatic rings. The maximum atomic E-state index is 11.0. The van der Waals surface area contributed by atoms with Crippen LogP contribution in [0.15, 0.2) is 79.3 Å². The first kappa shape index (κ1) is 14.1. The van der Waals surface area contributed by atoms with E-state index in [2.05, 4.69) is 0 Å². The Hall–Kier alpha value is -2.52. The molecule has 0 saturated carbocycles. The Kier molecular flexibility index (Phi) is 3.24. The van der Waals surface area contributed by atoms with Gasteiger partial charge in [-0.05, 0) is 18.4 Å². The van der Waals surface area contributed by atoms with Crippen molar-refractivity contribution in [2.75, 3.05) is 0 Å². The number of aliphatic hydroxyl groups is 1. The van der Waals surface area contributed by atoms with E-state index in [-0.39, 0.29) is 0 Å². The van der Waals surface area contributed by atoms with Crippen LogP contribution in [0.5, 0.6) is 0 Å². The number of benzene rings is 2. The molecule has 0 amide bonds. The zero-order chi connectivity index (χ0) is 15.8. The van der Waals surface area contributed by atoms with E-state index >= 15 is 0 Å². The second-order valence-electron chi connectivity index (χ2n) is 5.90. The van der Waals surface area contributed by atoms with Crippen LogP contribution in [0.4, 0.5) is 0 Å². The molecule has 4 rings (SSSR count). The standard InChI is InChI=1S/C20H18O3/c21-19(12-6-7-13-19)17-10-4-5-11-18(17)20(22-14-15-23-20)16-8-2-1-3-9-16/h1-6,8-12,14-15,21H,7,13H2. The highest BCUT2D eigenvalue weighted by molar-refractivity contribution is 5.45. The average molecular weight is 306 g/mol. The number of allylic oxidation sites excluding steroid dienone is 1. The van der Waals surface area contributed by atoms with Crippen molar-refractivity contribution in [3.63, 3.8) is 0 Å². The number of hydrogen-bond donors (Lipinski definition) is 1. The Labute approximate surface area is 135 Å². The fraction of sp³-hybridized carbons (Fsp3) is 0.200. The van der Waals surface area contributed by atoms with Crippen molar-refractivity contribution >= 4 is 0 Å². The number of rotatable bonds is 3. The van der Waals surface area contributed by atoms with Crippen LogP contribution in [0, 0.1) is 0 Å². The molecular formula is C20H18O3. The molecule has 1 N–H and O–H groups in total. The van der Waals surface area contributed by atoms with Crippen molar-refractivity contribution in [1.29, 1.82) is 0 Å². The Morgan fingerprint density at radius 1 is 0.826 bits per heavy atom. The van der Waals surface area contributed by atoms with Crippen molar-refractivity contribution < 1.29 is 14.6 Å². The van der Waals surface area contributed by atoms with Crippen molar-refractivity contribution in [1.82, 2.24) is 0 Å². The van der Waals surface area contributed by atoms with E-state index in [9.17, 15) is 5.11 Å². The van der Waals surface area contributed by atoms with Crippen LogP contribution in [0.3, 0.4) is 0 Å². The molecule has 0 spiro atoms. The van der Waals surface area contributed by atoms with Gasteiger partial charge in [0.1, 0.15) is 18.1 Å². The number of ether oxygens (including phenoxy) is 2. The van der Waals surface area contributed by atoms with Gasteiger partial charge in [-0.1, -0.05) is 66.7 Å². The normalized spacial score (nSPS) is 24.4. The summed E-state index contributed by atoms with van der Waals surface area (Å²) in [5.41, 5.74) is 1.56. The summed E-state index contributed by atoms with van der Waals surface area (Å²) in [6.07, 6.45) is 8.52. The molecule has 0 fully saturated rings. The predicted octanol–water partition coefficient (Wildman–Crippen LogP) is 3.94. The maximum Gasteiger partial charge on any atom is 0.304 e. The van der Waals surface area contributed by atoms with Crippen LogP contribution in [0.1, 0.15) is 29.5 Å². The predicted molar refractivity (Wildman–Crippen MR) is 87.2 cm³/mol. The molecule has 2 aromatic carbocycles. The lowest BCUT2D eigenvalue weighted by Crippen LogP contribution is -2.33. The Morgan fingerprint density at radius 3 is 2.13 bits per heavy atom. The molecule has 23 heavy (non-hydrogen) atoms. The van der Waals surface area contributed by atoms with Gasteiger partial charge < -0.3 is 14.6 Å². The minimum Gasteiger partial charge on any atom is -0.449 e. The summed E-state index contributed by atoms with van der Waals surface area (Å²) in [7, 11) is 0. The van der Waals surface area contributed by atoms with Crippen LogP contribution in [0.25, 0.3) is 0 Å². The summed E-state index contributed by atoms with van der Waals surface area (Å²) in [4.78, 5) is 0. The fourth-order valence-electron chi connectivity index (χ4n) is 3.39. The Morgan fingerprint density at radius 2 is 1.48 bits per heavy atom. The van der Waals surface area contributed by atoms with Gasteiger partial charge in [0.2, 0.25) is 0 Å². The van der Waals surface area contributed by atoms with Crippen LogP contribution >= 0.6 is 0 Å². The molecule has 1 atom stereocenters. The highest BCUT2D eigenvalue weighted by atomic mass is 16.7. The second kappa shape index (κ2) is 5.28. The Bertz CT molecular complexity index is 755. The first-order valence-electron chi connectivity index (χ1n) is 7.81. The quantitative estimate of drug-likeness (QED) is 0.873. The summed E-state index contributed by atoms with van der Waals surface area (Å²) in [6, 6.07) is 17.6. The lowest BCUT2D eigenvalue weighted by atomic mass is 9.84. The first-order valence-corrected chi connectivity index (χ1v) is 7.81. The Balaban J connectivity index is 1.91. The highest BCUT2D eigenvalue weighted by Crippen LogP contribution is 2.45. The van der Waals surface area contributed by atoms with Gasteiger partial charge >= 0.3 is 5.79 Å². The third kappa shape index (κ3) is 2.16. The fourth-order valence-corrected chi connectivity index (χ4v) is 3.39. The van der Waals surface area contributed by atoms with E-state index in [4.69, 9.17) is 9.47 Å². The van der Waals surface area contributed by atoms with Gasteiger partial charge in [-0.15, -0.1) is 0 Å². The molecule has 1 aliphatic heterocycles. The minimum absolute atomic E-state index is 0.669. The third-order valence-corrected chi connectivity index (χ3v) is 4.51. The van der Waals surface area contributed by atoms with Gasteiger partial charge in [0.05, 0.1) is 0 Å². The van der Waals surface area contributed by atoms with Gasteiger partial charge in [-0.25, -0.2) is 0 Å². The van der Waals surface area contributed by atoms with Gasteiger partial charge in [0.25, 0.3) is 0 Å². The van der Waals surface area contributed by atoms with E-state index < -0.39 is 11.4 Å². The van der Waals surface area contributed by atoms with Crippen LogP contribution < -0.4 is 0 Å². The van der Waals surface area contributed by atoms with Crippen molar-refractivity contribution in [2.45, 2.75) is 24.2 Å². The SMILES string of the molecule is OC1(c2ccccc2C2(c3ccccc3)OC=CO2)C=CCC1. The molecule has 116 valence electrons. The topological polar surface area (TPSA) is 38.7 Å². The van der Waals surface area contributed by atoms with Crippen LogP contribution in [0.2, 0.25) is 0 Å². The average Bonchev–Trinajstić information content (AvgIpc) is 3.26. The first-order chi connectivity index (χ1) is 11.2. The van der Waals surface area contributed by atoms with Gasteiger partial charge in [0.15, 0.2) is 0 Å². The highest BCUT2D eigenvalue weighted by Gasteiger charge is 2.45. The van der Waals surface area contributed by atoms with Crippen LogP contribution in [-0.4, -0.2) is 5.11 Å². The summed E-state index contributed by atoms with van der Waals surface area (Å²) >= 11 is 0. The minimum atomic E-state index is -1.05. The van der Waals surface area contributed by atoms with Gasteiger partial charge in [-0.3, -0.25) is 0 Å². The largest absolute Gasteiger partial charge is 0.449 e. The summed E-state index contributed by atoms with van der Waals surface area (Å²) in [6.45, 7) is 0. The zero-order valence-corrected chi connectivity index (χ0v) is 12.7. The molecule has 0 aromatic heterocycles. The molecule has 2 aromatic rings. The molecule has 3 nitrogen and oxygen atoms in total. The molecule has 0 radical (unpaired) electrons. The summed E-state index contributed by atoms with van der Waals surface area (Å²) < 4.78 is 11.8. The van der Waals surface area contributed by atoms with Gasteiger partial charge in [0, 0.05) is 11.1 Å². The van der Waals surface area contributed by atoms with E-state index in [1.165, 1.54) is 0 Å². The molecule has 3 heteroatoms.